The van der Waals surface area contributed by atoms with Crippen LogP contribution in [-0.2, 0) is 16.4 Å². The van der Waals surface area contributed by atoms with Gasteiger partial charge in [0.2, 0.25) is 0 Å². The minimum absolute atomic E-state index is 0.0557. The van der Waals surface area contributed by atoms with Crippen LogP contribution in [0.3, 0.4) is 0 Å². The number of piperazine rings is 1. The smallest absolute Gasteiger partial charge is 0.152 e. The molecule has 6 nitrogen and oxygen atoms in total. The van der Waals surface area contributed by atoms with Crippen molar-refractivity contribution < 1.29 is 12.8 Å². The summed E-state index contributed by atoms with van der Waals surface area (Å²) in [5, 5.41) is 4.68. The van der Waals surface area contributed by atoms with Gasteiger partial charge in [-0.3, -0.25) is 9.58 Å². The fraction of sp³-hybridized carbons (Fsp3) is 0.550. The highest BCUT2D eigenvalue weighted by Gasteiger charge is 2.32. The molecule has 1 unspecified atom stereocenters. The second kappa shape index (κ2) is 7.48. The van der Waals surface area contributed by atoms with Crippen molar-refractivity contribution >= 4 is 15.5 Å². The monoisotopic (exact) mass is 406 g/mol. The highest BCUT2D eigenvalue weighted by molar-refractivity contribution is 7.91. The lowest BCUT2D eigenvalue weighted by atomic mass is 10.1. The summed E-state index contributed by atoms with van der Waals surface area (Å²) in [6.45, 7) is 8.07. The van der Waals surface area contributed by atoms with Crippen LogP contribution in [0.1, 0.15) is 29.4 Å². The van der Waals surface area contributed by atoms with Gasteiger partial charge >= 0.3 is 0 Å². The van der Waals surface area contributed by atoms with E-state index in [9.17, 15) is 12.8 Å². The first-order valence-corrected chi connectivity index (χ1v) is 11.6. The molecule has 1 aromatic heterocycles. The van der Waals surface area contributed by atoms with E-state index < -0.39 is 9.84 Å². The number of anilines is 1. The van der Waals surface area contributed by atoms with Crippen molar-refractivity contribution in [2.24, 2.45) is 0 Å². The van der Waals surface area contributed by atoms with Crippen molar-refractivity contribution in [1.29, 1.82) is 0 Å². The van der Waals surface area contributed by atoms with Crippen LogP contribution >= 0.6 is 0 Å². The second-order valence-corrected chi connectivity index (χ2v) is 10.1. The molecule has 0 radical (unpaired) electrons. The Morgan fingerprint density at radius 1 is 1.14 bits per heavy atom. The van der Waals surface area contributed by atoms with Crippen LogP contribution < -0.4 is 4.90 Å². The molecule has 2 aromatic rings. The predicted octanol–water partition coefficient (Wildman–Crippen LogP) is 2.32. The van der Waals surface area contributed by atoms with Gasteiger partial charge in [-0.25, -0.2) is 12.8 Å². The summed E-state index contributed by atoms with van der Waals surface area (Å²) in [5.74, 6) is 0.287. The van der Waals surface area contributed by atoms with Crippen LogP contribution in [0.15, 0.2) is 24.3 Å². The highest BCUT2D eigenvalue weighted by Crippen LogP contribution is 2.31. The van der Waals surface area contributed by atoms with Crippen molar-refractivity contribution in [2.45, 2.75) is 32.9 Å². The van der Waals surface area contributed by atoms with Crippen LogP contribution in [0, 0.1) is 19.7 Å². The van der Waals surface area contributed by atoms with E-state index in [1.54, 1.807) is 6.07 Å². The molecule has 2 saturated heterocycles. The van der Waals surface area contributed by atoms with Crippen LogP contribution in [0.2, 0.25) is 0 Å². The van der Waals surface area contributed by atoms with Gasteiger partial charge in [0, 0.05) is 38.3 Å². The molecule has 1 atom stereocenters. The normalized spacial score (nSPS) is 22.7. The number of hydrogen-bond donors (Lipinski definition) is 0. The Hall–Kier alpha value is -1.93. The zero-order valence-electron chi connectivity index (χ0n) is 16.4. The molecule has 0 saturated carbocycles. The minimum Gasteiger partial charge on any atom is -0.366 e. The molecule has 1 aromatic carbocycles. The molecule has 0 amide bonds. The molecule has 152 valence electrons. The fourth-order valence-corrected chi connectivity index (χ4v) is 6.12. The number of hydrogen-bond acceptors (Lipinski definition) is 5. The van der Waals surface area contributed by atoms with E-state index in [2.05, 4.69) is 14.9 Å². The summed E-state index contributed by atoms with van der Waals surface area (Å²) in [6.07, 6.45) is 0.639. The Labute approximate surface area is 165 Å². The molecular weight excluding hydrogens is 379 g/mol. The van der Waals surface area contributed by atoms with Gasteiger partial charge in [-0.15, -0.1) is 0 Å². The van der Waals surface area contributed by atoms with Crippen LogP contribution in [0.25, 0.3) is 0 Å². The maximum Gasteiger partial charge on any atom is 0.152 e. The first-order valence-electron chi connectivity index (χ1n) is 9.81. The third kappa shape index (κ3) is 3.80. The second-order valence-electron chi connectivity index (χ2n) is 7.88. The van der Waals surface area contributed by atoms with Gasteiger partial charge in [-0.05, 0) is 26.3 Å². The molecule has 0 spiro atoms. The summed E-state index contributed by atoms with van der Waals surface area (Å²) >= 11 is 0. The molecule has 2 fully saturated rings. The Morgan fingerprint density at radius 3 is 2.50 bits per heavy atom. The lowest BCUT2D eigenvalue weighted by Crippen LogP contribution is -2.46. The molecule has 3 heterocycles. The van der Waals surface area contributed by atoms with Crippen LogP contribution in [0.5, 0.6) is 0 Å². The molecule has 8 heteroatoms. The van der Waals surface area contributed by atoms with E-state index in [0.717, 1.165) is 48.8 Å². The summed E-state index contributed by atoms with van der Waals surface area (Å²) < 4.78 is 39.5. The van der Waals surface area contributed by atoms with Crippen LogP contribution in [-0.4, -0.2) is 60.8 Å². The number of sulfone groups is 1. The van der Waals surface area contributed by atoms with Gasteiger partial charge in [0.15, 0.2) is 9.84 Å². The zero-order chi connectivity index (χ0) is 19.9. The predicted molar refractivity (Wildman–Crippen MR) is 108 cm³/mol. The fourth-order valence-electron chi connectivity index (χ4n) is 4.43. The van der Waals surface area contributed by atoms with Crippen molar-refractivity contribution in [2.75, 3.05) is 42.6 Å². The topological polar surface area (TPSA) is 58.4 Å². The number of aryl methyl sites for hydroxylation is 1. The molecular formula is C20H27FN4O2S. The van der Waals surface area contributed by atoms with E-state index in [1.165, 1.54) is 6.07 Å². The molecule has 2 aliphatic rings. The molecule has 28 heavy (non-hydrogen) atoms. The van der Waals surface area contributed by atoms with Crippen LogP contribution in [0.4, 0.5) is 10.1 Å². The van der Waals surface area contributed by atoms with E-state index in [4.69, 9.17) is 0 Å². The zero-order valence-corrected chi connectivity index (χ0v) is 17.3. The first-order chi connectivity index (χ1) is 13.3. The number of halogens is 1. The number of nitrogens with zero attached hydrogens (tertiary/aromatic N) is 4. The van der Waals surface area contributed by atoms with Gasteiger partial charge in [-0.1, -0.05) is 18.2 Å². The van der Waals surface area contributed by atoms with Crippen molar-refractivity contribution in [1.82, 2.24) is 14.7 Å². The lowest BCUT2D eigenvalue weighted by molar-refractivity contribution is 0.246. The standard InChI is InChI=1S/C20H27FN4O2S/c1-15-20(16(2)25(22-15)18-7-12-28(26,27)14-18)24-10-8-23(9-11-24)13-17-5-3-4-6-19(17)21/h3-6,18H,7-14H2,1-2H3. The van der Waals surface area contributed by atoms with E-state index in [-0.39, 0.29) is 23.4 Å². The summed E-state index contributed by atoms with van der Waals surface area (Å²) in [6, 6.07) is 6.89. The van der Waals surface area contributed by atoms with Gasteiger partial charge < -0.3 is 4.90 Å². The Balaban J connectivity index is 1.44. The molecule has 2 aliphatic heterocycles. The Kier molecular flexibility index (Phi) is 5.18. The third-order valence-corrected chi connectivity index (χ3v) is 7.63. The third-order valence-electron chi connectivity index (χ3n) is 5.88. The van der Waals surface area contributed by atoms with Crippen molar-refractivity contribution in [3.05, 3.63) is 47.0 Å². The first kappa shape index (κ1) is 19.4. The maximum absolute atomic E-state index is 13.9. The average Bonchev–Trinajstić information content (AvgIpc) is 3.16. The summed E-state index contributed by atoms with van der Waals surface area (Å²) in [7, 11) is -2.94. The molecule has 4 rings (SSSR count). The van der Waals surface area contributed by atoms with E-state index in [1.807, 2.05) is 30.7 Å². The van der Waals surface area contributed by atoms with E-state index >= 15 is 0 Å². The largest absolute Gasteiger partial charge is 0.366 e. The number of benzene rings is 1. The van der Waals surface area contributed by atoms with Gasteiger partial charge in [0.1, 0.15) is 5.82 Å². The maximum atomic E-state index is 13.9. The Bertz CT molecular complexity index is 965. The molecule has 0 bridgehead atoms. The number of rotatable bonds is 4. The summed E-state index contributed by atoms with van der Waals surface area (Å²) in [4.78, 5) is 4.60. The van der Waals surface area contributed by atoms with Crippen molar-refractivity contribution in [3.63, 3.8) is 0 Å². The number of aromatic nitrogens is 2. The SMILES string of the molecule is Cc1nn(C2CCS(=O)(=O)C2)c(C)c1N1CCN(Cc2ccccc2F)CC1. The Morgan fingerprint density at radius 2 is 1.86 bits per heavy atom. The van der Waals surface area contributed by atoms with Gasteiger partial charge in [0.25, 0.3) is 0 Å². The van der Waals surface area contributed by atoms with Gasteiger partial charge in [0.05, 0.1) is 34.6 Å². The highest BCUT2D eigenvalue weighted by atomic mass is 32.2. The van der Waals surface area contributed by atoms with Crippen molar-refractivity contribution in [3.8, 4) is 0 Å². The lowest BCUT2D eigenvalue weighted by Gasteiger charge is -2.36. The molecule has 0 N–H and O–H groups in total. The van der Waals surface area contributed by atoms with E-state index in [0.29, 0.717) is 13.0 Å². The summed E-state index contributed by atoms with van der Waals surface area (Å²) in [5.41, 5.74) is 3.85. The quantitative estimate of drug-likeness (QED) is 0.780. The molecule has 0 aliphatic carbocycles. The van der Waals surface area contributed by atoms with Gasteiger partial charge in [-0.2, -0.15) is 5.10 Å². The minimum atomic E-state index is -2.94. The average molecular weight is 407 g/mol.